The third-order valence-electron chi connectivity index (χ3n) is 5.08. The Hall–Kier alpha value is -3.11. The molecule has 0 unspecified atom stereocenters. The van der Waals surface area contributed by atoms with Gasteiger partial charge in [-0.1, -0.05) is 61.3 Å². The third kappa shape index (κ3) is 5.77. The zero-order valence-electron chi connectivity index (χ0n) is 18.0. The highest BCUT2D eigenvalue weighted by atomic mass is 35.5. The van der Waals surface area contributed by atoms with Crippen molar-refractivity contribution in [2.75, 3.05) is 0 Å². The molecule has 0 heterocycles. The van der Waals surface area contributed by atoms with E-state index in [2.05, 4.69) is 24.8 Å². The minimum Gasteiger partial charge on any atom is -0.299 e. The minimum atomic E-state index is 0.00769. The summed E-state index contributed by atoms with van der Waals surface area (Å²) in [5.74, 6) is 0.459. The van der Waals surface area contributed by atoms with E-state index in [9.17, 15) is 4.79 Å². The molecule has 0 aromatic heterocycles. The number of Topliss-reactive ketones (excluding diaryl/α,β-unsaturated/α-hetero) is 1. The average molecular weight is 461 g/mol. The van der Waals surface area contributed by atoms with Gasteiger partial charge in [-0.15, -0.1) is 0 Å². The molecule has 3 rings (SSSR count). The summed E-state index contributed by atoms with van der Waals surface area (Å²) in [7, 11) is 0. The Balaban J connectivity index is 1.83. The molecular weight excluding hydrogens is 439 g/mol. The predicted molar refractivity (Wildman–Crippen MR) is 130 cm³/mol. The topological polar surface area (TPSA) is 45.2 Å². The molecule has 3 aromatic carbocycles. The van der Waals surface area contributed by atoms with Crippen molar-refractivity contribution in [1.29, 1.82) is 5.26 Å². The van der Waals surface area contributed by atoms with Crippen LogP contribution < -0.4 is 0 Å². The van der Waals surface area contributed by atoms with Gasteiger partial charge in [0.15, 0.2) is 5.69 Å². The van der Waals surface area contributed by atoms with Crippen LogP contribution in [0, 0.1) is 23.8 Å². The molecule has 0 radical (unpaired) electrons. The second-order valence-corrected chi connectivity index (χ2v) is 9.01. The van der Waals surface area contributed by atoms with Gasteiger partial charge in [0, 0.05) is 18.4 Å². The van der Waals surface area contributed by atoms with Crippen molar-refractivity contribution >= 4 is 34.7 Å². The summed E-state index contributed by atoms with van der Waals surface area (Å²) in [6.07, 6.45) is 1.26. The smallest absolute Gasteiger partial charge is 0.191 e. The normalized spacial score (nSPS) is 10.6. The van der Waals surface area contributed by atoms with E-state index in [-0.39, 0.29) is 18.6 Å². The van der Waals surface area contributed by atoms with Gasteiger partial charge >= 0.3 is 0 Å². The number of hydrogen-bond acceptors (Lipinski definition) is 2. The average Bonchev–Trinajstić information content (AvgIpc) is 2.73. The van der Waals surface area contributed by atoms with E-state index in [0.717, 1.165) is 28.7 Å². The lowest BCUT2D eigenvalue weighted by Crippen LogP contribution is -2.07. The zero-order valence-corrected chi connectivity index (χ0v) is 19.5. The van der Waals surface area contributed by atoms with Gasteiger partial charge in [-0.3, -0.25) is 4.79 Å². The van der Waals surface area contributed by atoms with E-state index in [0.29, 0.717) is 32.8 Å². The highest BCUT2D eigenvalue weighted by Crippen LogP contribution is 2.38. The Labute approximate surface area is 199 Å². The van der Waals surface area contributed by atoms with Gasteiger partial charge in [0.05, 0.1) is 28.3 Å². The van der Waals surface area contributed by atoms with Gasteiger partial charge in [0.1, 0.15) is 5.78 Å². The van der Waals surface area contributed by atoms with Crippen molar-refractivity contribution in [2.45, 2.75) is 33.1 Å². The fraction of sp³-hybridized carbons (Fsp3) is 0.222. The van der Waals surface area contributed by atoms with Crippen molar-refractivity contribution in [3.8, 4) is 17.2 Å². The molecule has 32 heavy (non-hydrogen) atoms. The van der Waals surface area contributed by atoms with Crippen LogP contribution in [-0.2, 0) is 24.1 Å². The first-order valence-corrected chi connectivity index (χ1v) is 11.1. The second-order valence-electron chi connectivity index (χ2n) is 8.19. The fourth-order valence-corrected chi connectivity index (χ4v) is 4.46. The summed E-state index contributed by atoms with van der Waals surface area (Å²) in [4.78, 5) is 16.2. The van der Waals surface area contributed by atoms with Gasteiger partial charge in [0.2, 0.25) is 0 Å². The number of carbonyl (C=O) groups is 1. The molecule has 0 saturated carbocycles. The third-order valence-corrected chi connectivity index (χ3v) is 5.68. The van der Waals surface area contributed by atoms with Crippen molar-refractivity contribution < 1.29 is 4.79 Å². The SMILES string of the molecule is [C-]#[N+]c1cc(-c2c(Cl)cc(CC(=O)Cc3cccc(C#N)c3)cc2Cl)ccc1CC(C)C. The molecule has 0 aliphatic rings. The maximum absolute atomic E-state index is 12.6. The van der Waals surface area contributed by atoms with Gasteiger partial charge in [-0.25, -0.2) is 4.85 Å². The first kappa shape index (κ1) is 23.6. The molecule has 0 aliphatic carbocycles. The summed E-state index contributed by atoms with van der Waals surface area (Å²) in [6.45, 7) is 11.8. The van der Waals surface area contributed by atoms with Crippen LogP contribution in [0.25, 0.3) is 16.0 Å². The lowest BCUT2D eigenvalue weighted by Gasteiger charge is -2.13. The molecule has 0 amide bonds. The Morgan fingerprint density at radius 1 is 1.03 bits per heavy atom. The van der Waals surface area contributed by atoms with Crippen molar-refractivity contribution in [2.24, 2.45) is 5.92 Å². The molecular formula is C27H22Cl2N2O. The summed E-state index contributed by atoms with van der Waals surface area (Å²) in [5.41, 5.74) is 5.11. The van der Waals surface area contributed by atoms with Crippen LogP contribution >= 0.6 is 23.2 Å². The van der Waals surface area contributed by atoms with Gasteiger partial charge in [0.25, 0.3) is 0 Å². The van der Waals surface area contributed by atoms with Gasteiger partial charge in [-0.05, 0) is 64.9 Å². The highest BCUT2D eigenvalue weighted by molar-refractivity contribution is 6.39. The number of benzene rings is 3. The number of carbonyl (C=O) groups excluding carboxylic acids is 1. The molecule has 0 saturated heterocycles. The van der Waals surface area contributed by atoms with Crippen LogP contribution in [0.15, 0.2) is 54.6 Å². The van der Waals surface area contributed by atoms with Crippen LogP contribution in [-0.4, -0.2) is 5.78 Å². The number of nitriles is 1. The largest absolute Gasteiger partial charge is 0.299 e. The Morgan fingerprint density at radius 3 is 2.34 bits per heavy atom. The number of hydrogen-bond donors (Lipinski definition) is 0. The van der Waals surface area contributed by atoms with Crippen molar-refractivity contribution in [3.63, 3.8) is 0 Å². The summed E-state index contributed by atoms with van der Waals surface area (Å²) >= 11 is 13.1. The van der Waals surface area contributed by atoms with Crippen LogP contribution in [0.1, 0.15) is 36.1 Å². The first-order chi connectivity index (χ1) is 15.3. The quantitative estimate of drug-likeness (QED) is 0.340. The molecule has 0 spiro atoms. The molecule has 5 heteroatoms. The molecule has 0 aliphatic heterocycles. The standard InChI is InChI=1S/C27H22Cl2N2O/c1-17(2)9-21-7-8-22(15-26(21)31-3)27-24(28)13-20(14-25(27)29)12-23(32)11-18-5-4-6-19(10-18)16-30/h4-8,10,13-15,17H,9,11-12H2,1-2H3. The number of halogens is 2. The predicted octanol–water partition coefficient (Wildman–Crippen LogP) is 7.64. The zero-order chi connectivity index (χ0) is 23.3. The van der Waals surface area contributed by atoms with E-state index < -0.39 is 0 Å². The molecule has 0 bridgehead atoms. The molecule has 0 fully saturated rings. The lowest BCUT2D eigenvalue weighted by atomic mass is 9.95. The fourth-order valence-electron chi connectivity index (χ4n) is 3.71. The van der Waals surface area contributed by atoms with E-state index in [1.807, 2.05) is 24.3 Å². The van der Waals surface area contributed by atoms with E-state index in [4.69, 9.17) is 35.0 Å². The minimum absolute atomic E-state index is 0.00769. The molecule has 3 aromatic rings. The van der Waals surface area contributed by atoms with E-state index in [1.54, 1.807) is 30.3 Å². The van der Waals surface area contributed by atoms with Gasteiger partial charge < -0.3 is 0 Å². The second kappa shape index (κ2) is 10.5. The summed E-state index contributed by atoms with van der Waals surface area (Å²) in [6, 6.07) is 18.4. The number of rotatable bonds is 7. The summed E-state index contributed by atoms with van der Waals surface area (Å²) in [5, 5.41) is 9.91. The molecule has 3 nitrogen and oxygen atoms in total. The van der Waals surface area contributed by atoms with Crippen LogP contribution in [0.3, 0.4) is 0 Å². The van der Waals surface area contributed by atoms with Gasteiger partial charge in [-0.2, -0.15) is 5.26 Å². The van der Waals surface area contributed by atoms with Crippen LogP contribution in [0.2, 0.25) is 10.0 Å². The van der Waals surface area contributed by atoms with E-state index >= 15 is 0 Å². The van der Waals surface area contributed by atoms with Crippen LogP contribution in [0.5, 0.6) is 0 Å². The number of ketones is 1. The lowest BCUT2D eigenvalue weighted by molar-refractivity contribution is -0.117. The maximum Gasteiger partial charge on any atom is 0.191 e. The summed E-state index contributed by atoms with van der Waals surface area (Å²) < 4.78 is 0. The maximum atomic E-state index is 12.6. The Morgan fingerprint density at radius 2 is 1.72 bits per heavy atom. The number of nitrogens with zero attached hydrogens (tertiary/aromatic N) is 2. The molecule has 0 atom stereocenters. The van der Waals surface area contributed by atoms with E-state index in [1.165, 1.54) is 0 Å². The monoisotopic (exact) mass is 460 g/mol. The van der Waals surface area contributed by atoms with Crippen LogP contribution in [0.4, 0.5) is 5.69 Å². The molecule has 160 valence electrons. The van der Waals surface area contributed by atoms with Crippen molar-refractivity contribution in [1.82, 2.24) is 0 Å². The Bertz CT molecular complexity index is 1230. The Kier molecular flexibility index (Phi) is 7.70. The highest BCUT2D eigenvalue weighted by Gasteiger charge is 2.15. The van der Waals surface area contributed by atoms with Crippen molar-refractivity contribution in [3.05, 3.63) is 98.3 Å². The molecule has 0 N–H and O–H groups in total. The first-order valence-electron chi connectivity index (χ1n) is 10.3.